The summed E-state index contributed by atoms with van der Waals surface area (Å²) in [6, 6.07) is 2.18. The van der Waals surface area contributed by atoms with Crippen molar-refractivity contribution >= 4 is 5.71 Å². The SMILES string of the molecule is CCC1=CC(C#N)C(CC)=NO1. The summed E-state index contributed by atoms with van der Waals surface area (Å²) in [4.78, 5) is 5.06. The first-order chi connectivity index (χ1) is 5.81. The standard InChI is InChI=1S/C9H12N2O/c1-3-8-5-7(6-10)9(4-2)11-12-8/h5,7H,3-4H2,1-2H3. The summed E-state index contributed by atoms with van der Waals surface area (Å²) in [7, 11) is 0. The molecule has 0 saturated carbocycles. The van der Waals surface area contributed by atoms with Gasteiger partial charge in [-0.25, -0.2) is 0 Å². The molecule has 1 rings (SSSR count). The van der Waals surface area contributed by atoms with Crippen molar-refractivity contribution in [3.63, 3.8) is 0 Å². The van der Waals surface area contributed by atoms with Gasteiger partial charge in [0.1, 0.15) is 11.7 Å². The van der Waals surface area contributed by atoms with Gasteiger partial charge in [0.05, 0.1) is 11.8 Å². The van der Waals surface area contributed by atoms with Gasteiger partial charge in [0.25, 0.3) is 0 Å². The molecular formula is C9H12N2O. The van der Waals surface area contributed by atoms with E-state index < -0.39 is 0 Å². The number of rotatable bonds is 2. The number of allylic oxidation sites excluding steroid dienone is 2. The Bertz CT molecular complexity index is 260. The zero-order valence-corrected chi connectivity index (χ0v) is 7.37. The molecule has 0 aromatic carbocycles. The van der Waals surface area contributed by atoms with Gasteiger partial charge in [0.15, 0.2) is 0 Å². The van der Waals surface area contributed by atoms with Gasteiger partial charge in [-0.05, 0) is 12.5 Å². The van der Waals surface area contributed by atoms with E-state index in [4.69, 9.17) is 10.1 Å². The molecule has 0 bridgehead atoms. The van der Waals surface area contributed by atoms with Gasteiger partial charge in [-0.1, -0.05) is 19.0 Å². The molecule has 0 aliphatic carbocycles. The van der Waals surface area contributed by atoms with Crippen LogP contribution in [0.4, 0.5) is 0 Å². The van der Waals surface area contributed by atoms with E-state index in [-0.39, 0.29) is 5.92 Å². The van der Waals surface area contributed by atoms with Gasteiger partial charge in [-0.3, -0.25) is 0 Å². The zero-order chi connectivity index (χ0) is 8.97. The predicted molar refractivity (Wildman–Crippen MR) is 46.3 cm³/mol. The van der Waals surface area contributed by atoms with Crippen LogP contribution < -0.4 is 0 Å². The van der Waals surface area contributed by atoms with Gasteiger partial charge in [0.2, 0.25) is 0 Å². The van der Waals surface area contributed by atoms with Crippen molar-refractivity contribution in [3.8, 4) is 6.07 Å². The largest absolute Gasteiger partial charge is 0.362 e. The number of nitriles is 1. The molecule has 12 heavy (non-hydrogen) atoms. The Labute approximate surface area is 72.3 Å². The summed E-state index contributed by atoms with van der Waals surface area (Å²) in [5, 5.41) is 12.7. The third-order valence-electron chi connectivity index (χ3n) is 1.84. The summed E-state index contributed by atoms with van der Waals surface area (Å²) in [5.74, 6) is 0.609. The second kappa shape index (κ2) is 3.91. The minimum absolute atomic E-state index is 0.182. The molecule has 64 valence electrons. The molecule has 3 nitrogen and oxygen atoms in total. The molecule has 0 amide bonds. The molecule has 0 aromatic rings. The maximum Gasteiger partial charge on any atom is 0.132 e. The fourth-order valence-electron chi connectivity index (χ4n) is 1.07. The number of nitrogens with zero attached hydrogens (tertiary/aromatic N) is 2. The maximum atomic E-state index is 8.77. The van der Waals surface area contributed by atoms with Crippen LogP contribution in [0.2, 0.25) is 0 Å². The molecule has 0 spiro atoms. The first-order valence-electron chi connectivity index (χ1n) is 4.15. The van der Waals surface area contributed by atoms with Gasteiger partial charge >= 0.3 is 0 Å². The van der Waals surface area contributed by atoms with Crippen molar-refractivity contribution in [2.24, 2.45) is 11.1 Å². The molecule has 0 aromatic heterocycles. The predicted octanol–water partition coefficient (Wildman–Crippen LogP) is 2.22. The first kappa shape index (κ1) is 8.79. The summed E-state index contributed by atoms with van der Waals surface area (Å²) in [6.07, 6.45) is 3.40. The Morgan fingerprint density at radius 1 is 1.58 bits per heavy atom. The van der Waals surface area contributed by atoms with E-state index in [0.717, 1.165) is 24.3 Å². The highest BCUT2D eigenvalue weighted by atomic mass is 16.6. The van der Waals surface area contributed by atoms with Gasteiger partial charge in [0, 0.05) is 6.42 Å². The van der Waals surface area contributed by atoms with Crippen LogP contribution in [0.25, 0.3) is 0 Å². The molecule has 0 fully saturated rings. The van der Waals surface area contributed by atoms with Crippen molar-refractivity contribution < 1.29 is 4.84 Å². The first-order valence-corrected chi connectivity index (χ1v) is 4.15. The van der Waals surface area contributed by atoms with E-state index in [2.05, 4.69) is 11.2 Å². The Morgan fingerprint density at radius 3 is 2.83 bits per heavy atom. The van der Waals surface area contributed by atoms with Crippen molar-refractivity contribution in [2.75, 3.05) is 0 Å². The molecule has 3 heteroatoms. The Balaban J connectivity index is 2.77. The highest BCUT2D eigenvalue weighted by molar-refractivity contribution is 5.90. The fourth-order valence-corrected chi connectivity index (χ4v) is 1.07. The third-order valence-corrected chi connectivity index (χ3v) is 1.84. The fraction of sp³-hybridized carbons (Fsp3) is 0.556. The lowest BCUT2D eigenvalue weighted by Crippen LogP contribution is -2.14. The quantitative estimate of drug-likeness (QED) is 0.628. The average molecular weight is 164 g/mol. The van der Waals surface area contributed by atoms with Crippen LogP contribution in [0.15, 0.2) is 17.0 Å². The minimum Gasteiger partial charge on any atom is -0.362 e. The molecule has 0 saturated heterocycles. The van der Waals surface area contributed by atoms with E-state index in [1.165, 1.54) is 0 Å². The van der Waals surface area contributed by atoms with Crippen LogP contribution in [-0.2, 0) is 4.84 Å². The van der Waals surface area contributed by atoms with Crippen molar-refractivity contribution in [1.82, 2.24) is 0 Å². The van der Waals surface area contributed by atoms with E-state index in [1.54, 1.807) is 0 Å². The van der Waals surface area contributed by atoms with Gasteiger partial charge in [-0.15, -0.1) is 0 Å². The Morgan fingerprint density at radius 2 is 2.33 bits per heavy atom. The van der Waals surface area contributed by atoms with Gasteiger partial charge in [-0.2, -0.15) is 5.26 Å². The van der Waals surface area contributed by atoms with E-state index in [1.807, 2.05) is 19.9 Å². The third kappa shape index (κ3) is 1.65. The lowest BCUT2D eigenvalue weighted by molar-refractivity contribution is 0.209. The Hall–Kier alpha value is -1.30. The molecule has 1 aliphatic heterocycles. The van der Waals surface area contributed by atoms with Crippen LogP contribution in [0, 0.1) is 17.2 Å². The maximum absolute atomic E-state index is 8.77. The topological polar surface area (TPSA) is 45.4 Å². The van der Waals surface area contributed by atoms with Crippen LogP contribution in [0.5, 0.6) is 0 Å². The zero-order valence-electron chi connectivity index (χ0n) is 7.37. The smallest absolute Gasteiger partial charge is 0.132 e. The van der Waals surface area contributed by atoms with Crippen molar-refractivity contribution in [1.29, 1.82) is 5.26 Å². The highest BCUT2D eigenvalue weighted by Crippen LogP contribution is 2.17. The molecule has 1 unspecified atom stereocenters. The number of hydrogen-bond acceptors (Lipinski definition) is 3. The van der Waals surface area contributed by atoms with Crippen molar-refractivity contribution in [2.45, 2.75) is 26.7 Å². The summed E-state index contributed by atoms with van der Waals surface area (Å²) >= 11 is 0. The molecule has 1 atom stereocenters. The van der Waals surface area contributed by atoms with E-state index in [9.17, 15) is 0 Å². The minimum atomic E-state index is -0.182. The van der Waals surface area contributed by atoms with Gasteiger partial charge < -0.3 is 4.84 Å². The van der Waals surface area contributed by atoms with Crippen LogP contribution in [-0.4, -0.2) is 5.71 Å². The Kier molecular flexibility index (Phi) is 2.87. The second-order valence-corrected chi connectivity index (χ2v) is 2.62. The van der Waals surface area contributed by atoms with Crippen LogP contribution in [0.3, 0.4) is 0 Å². The lowest BCUT2D eigenvalue weighted by Gasteiger charge is -2.14. The van der Waals surface area contributed by atoms with E-state index in [0.29, 0.717) is 0 Å². The summed E-state index contributed by atoms with van der Waals surface area (Å²) < 4.78 is 0. The normalized spacial score (nSPS) is 21.9. The average Bonchev–Trinajstić information content (AvgIpc) is 2.16. The highest BCUT2D eigenvalue weighted by Gasteiger charge is 2.17. The molecule has 0 N–H and O–H groups in total. The van der Waals surface area contributed by atoms with Crippen LogP contribution in [0.1, 0.15) is 26.7 Å². The second-order valence-electron chi connectivity index (χ2n) is 2.62. The molecular weight excluding hydrogens is 152 g/mol. The molecule has 1 aliphatic rings. The monoisotopic (exact) mass is 164 g/mol. The van der Waals surface area contributed by atoms with Crippen molar-refractivity contribution in [3.05, 3.63) is 11.8 Å². The summed E-state index contributed by atoms with van der Waals surface area (Å²) in [5.41, 5.74) is 0.815. The number of hydrogen-bond donors (Lipinski definition) is 0. The lowest BCUT2D eigenvalue weighted by atomic mass is 10.0. The van der Waals surface area contributed by atoms with E-state index >= 15 is 0 Å². The van der Waals surface area contributed by atoms with Crippen LogP contribution >= 0.6 is 0 Å². The molecule has 1 heterocycles. The number of oxime groups is 1. The molecule has 0 radical (unpaired) electrons. The summed E-state index contributed by atoms with van der Waals surface area (Å²) in [6.45, 7) is 3.95.